The summed E-state index contributed by atoms with van der Waals surface area (Å²) in [5, 5.41) is 10.6. The quantitative estimate of drug-likeness (QED) is 0.530. The summed E-state index contributed by atoms with van der Waals surface area (Å²) in [5.41, 5.74) is 0.674. The molecule has 1 N–H and O–H groups in total. The summed E-state index contributed by atoms with van der Waals surface area (Å²) in [6, 6.07) is 0. The molecule has 0 aromatic heterocycles. The van der Waals surface area contributed by atoms with Crippen LogP contribution in [-0.2, 0) is 9.53 Å². The highest BCUT2D eigenvalue weighted by molar-refractivity contribution is 5.75. The van der Waals surface area contributed by atoms with E-state index in [9.17, 15) is 9.90 Å². The summed E-state index contributed by atoms with van der Waals surface area (Å²) in [6.07, 6.45) is 4.90. The highest BCUT2D eigenvalue weighted by Crippen LogP contribution is 2.52. The van der Waals surface area contributed by atoms with Gasteiger partial charge < -0.3 is 9.84 Å². The van der Waals surface area contributed by atoms with Crippen LogP contribution in [0.3, 0.4) is 0 Å². The lowest BCUT2D eigenvalue weighted by Gasteiger charge is -2.34. The van der Waals surface area contributed by atoms with Gasteiger partial charge in [0.15, 0.2) is 0 Å². The monoisotopic (exact) mass is 250 g/mol. The van der Waals surface area contributed by atoms with E-state index < -0.39 is 5.60 Å². The lowest BCUT2D eigenvalue weighted by atomic mass is 9.75. The molecule has 1 aliphatic heterocycles. The molecule has 0 unspecified atom stereocenters. The standard InChI is InChI=1S/C15H22O3/c1-8-4-5-11-9(2)14(16)18-13(11)12-10(8)6-7-15(12,3)17/h4,9-13,17H,5-7H2,1-3H3/t9-,10+,11+,12+,13+,15-/m1/s1. The first-order valence-electron chi connectivity index (χ1n) is 7.01. The van der Waals surface area contributed by atoms with Gasteiger partial charge in [0.25, 0.3) is 0 Å². The lowest BCUT2D eigenvalue weighted by Crippen LogP contribution is -2.42. The number of ether oxygens (including phenoxy) is 1. The molecule has 3 heteroatoms. The SMILES string of the molecule is CC1=CC[C@@H]2[C@H](OC(=O)[C@@H]2C)[C@@H]2[C@H]1CC[C@@]2(C)O. The molecule has 0 radical (unpaired) electrons. The molecule has 18 heavy (non-hydrogen) atoms. The first kappa shape index (κ1) is 12.2. The minimum absolute atomic E-state index is 0.0331. The van der Waals surface area contributed by atoms with Crippen LogP contribution in [0.25, 0.3) is 0 Å². The summed E-state index contributed by atoms with van der Waals surface area (Å²) < 4.78 is 5.62. The predicted octanol–water partition coefficient (Wildman–Crippen LogP) is 2.29. The fourth-order valence-electron chi connectivity index (χ4n) is 4.26. The van der Waals surface area contributed by atoms with Gasteiger partial charge in [0.05, 0.1) is 11.5 Å². The van der Waals surface area contributed by atoms with E-state index in [1.807, 2.05) is 13.8 Å². The van der Waals surface area contributed by atoms with Crippen molar-refractivity contribution in [1.82, 2.24) is 0 Å². The molecule has 1 saturated carbocycles. The molecular formula is C15H22O3. The number of hydrogen-bond donors (Lipinski definition) is 1. The fourth-order valence-corrected chi connectivity index (χ4v) is 4.26. The van der Waals surface area contributed by atoms with E-state index in [1.165, 1.54) is 5.57 Å². The van der Waals surface area contributed by atoms with Gasteiger partial charge in [0, 0.05) is 11.8 Å². The van der Waals surface area contributed by atoms with Crippen molar-refractivity contribution in [2.45, 2.75) is 51.7 Å². The zero-order chi connectivity index (χ0) is 13.1. The third-order valence-corrected chi connectivity index (χ3v) is 5.45. The number of esters is 1. The smallest absolute Gasteiger partial charge is 0.309 e. The Balaban J connectivity index is 2.02. The maximum absolute atomic E-state index is 11.8. The minimum atomic E-state index is -0.697. The second kappa shape index (κ2) is 3.83. The van der Waals surface area contributed by atoms with Gasteiger partial charge in [-0.2, -0.15) is 0 Å². The lowest BCUT2D eigenvalue weighted by molar-refractivity contribution is -0.149. The molecule has 2 fully saturated rings. The van der Waals surface area contributed by atoms with E-state index in [0.29, 0.717) is 5.92 Å². The van der Waals surface area contributed by atoms with Gasteiger partial charge in [-0.3, -0.25) is 4.79 Å². The Bertz CT molecular complexity index is 410. The van der Waals surface area contributed by atoms with Gasteiger partial charge in [-0.25, -0.2) is 0 Å². The van der Waals surface area contributed by atoms with Crippen LogP contribution in [0.4, 0.5) is 0 Å². The van der Waals surface area contributed by atoms with E-state index in [1.54, 1.807) is 0 Å². The van der Waals surface area contributed by atoms with Gasteiger partial charge in [0.2, 0.25) is 0 Å². The molecule has 6 atom stereocenters. The fraction of sp³-hybridized carbons (Fsp3) is 0.800. The Morgan fingerprint density at radius 3 is 2.94 bits per heavy atom. The highest BCUT2D eigenvalue weighted by Gasteiger charge is 2.56. The first-order valence-corrected chi connectivity index (χ1v) is 7.01. The molecule has 0 spiro atoms. The number of carbonyl (C=O) groups excluding carboxylic acids is 1. The van der Waals surface area contributed by atoms with Gasteiger partial charge in [-0.05, 0) is 39.0 Å². The van der Waals surface area contributed by atoms with Crippen LogP contribution in [0, 0.1) is 23.7 Å². The Morgan fingerprint density at radius 1 is 1.50 bits per heavy atom. The number of carbonyl (C=O) groups is 1. The largest absolute Gasteiger partial charge is 0.461 e. The number of aliphatic hydroxyl groups is 1. The maximum Gasteiger partial charge on any atom is 0.309 e. The molecule has 0 aromatic carbocycles. The summed E-state index contributed by atoms with van der Waals surface area (Å²) in [7, 11) is 0. The Hall–Kier alpha value is -0.830. The molecule has 3 aliphatic rings. The third-order valence-electron chi connectivity index (χ3n) is 5.45. The van der Waals surface area contributed by atoms with Crippen molar-refractivity contribution in [2.24, 2.45) is 23.7 Å². The average molecular weight is 250 g/mol. The number of rotatable bonds is 0. The topological polar surface area (TPSA) is 46.5 Å². The van der Waals surface area contributed by atoms with Crippen LogP contribution in [0.1, 0.15) is 40.0 Å². The van der Waals surface area contributed by atoms with Crippen molar-refractivity contribution in [2.75, 3.05) is 0 Å². The highest BCUT2D eigenvalue weighted by atomic mass is 16.6. The van der Waals surface area contributed by atoms with Gasteiger partial charge in [-0.1, -0.05) is 18.6 Å². The van der Waals surface area contributed by atoms with Crippen LogP contribution in [0.2, 0.25) is 0 Å². The van der Waals surface area contributed by atoms with Crippen molar-refractivity contribution >= 4 is 5.97 Å². The molecule has 0 bridgehead atoms. The molecule has 3 nitrogen and oxygen atoms in total. The van der Waals surface area contributed by atoms with Crippen LogP contribution in [0.15, 0.2) is 11.6 Å². The van der Waals surface area contributed by atoms with E-state index in [-0.39, 0.29) is 29.8 Å². The van der Waals surface area contributed by atoms with Crippen molar-refractivity contribution in [1.29, 1.82) is 0 Å². The van der Waals surface area contributed by atoms with Crippen LogP contribution >= 0.6 is 0 Å². The zero-order valence-electron chi connectivity index (χ0n) is 11.3. The minimum Gasteiger partial charge on any atom is -0.461 e. The van der Waals surface area contributed by atoms with Gasteiger partial charge >= 0.3 is 5.97 Å². The third kappa shape index (κ3) is 1.56. The predicted molar refractivity (Wildman–Crippen MR) is 67.7 cm³/mol. The molecule has 100 valence electrons. The zero-order valence-corrected chi connectivity index (χ0v) is 11.3. The molecular weight excluding hydrogens is 228 g/mol. The van der Waals surface area contributed by atoms with Crippen LogP contribution in [-0.4, -0.2) is 22.8 Å². The average Bonchev–Trinajstić information content (AvgIpc) is 2.69. The van der Waals surface area contributed by atoms with E-state index in [2.05, 4.69) is 13.0 Å². The molecule has 2 aliphatic carbocycles. The summed E-state index contributed by atoms with van der Waals surface area (Å²) >= 11 is 0. The molecule has 0 amide bonds. The van der Waals surface area contributed by atoms with Crippen molar-refractivity contribution in [3.63, 3.8) is 0 Å². The molecule has 1 saturated heterocycles. The van der Waals surface area contributed by atoms with Gasteiger partial charge in [0.1, 0.15) is 6.10 Å². The van der Waals surface area contributed by atoms with Crippen molar-refractivity contribution in [3.8, 4) is 0 Å². The summed E-state index contributed by atoms with van der Waals surface area (Å²) in [4.78, 5) is 11.8. The van der Waals surface area contributed by atoms with Crippen LogP contribution < -0.4 is 0 Å². The van der Waals surface area contributed by atoms with E-state index >= 15 is 0 Å². The summed E-state index contributed by atoms with van der Waals surface area (Å²) in [5.74, 6) is 0.587. The molecule has 1 heterocycles. The maximum atomic E-state index is 11.8. The second-order valence-electron chi connectivity index (χ2n) is 6.57. The molecule has 0 aromatic rings. The number of fused-ring (bicyclic) bond motifs is 3. The van der Waals surface area contributed by atoms with Crippen molar-refractivity contribution < 1.29 is 14.6 Å². The van der Waals surface area contributed by atoms with Gasteiger partial charge in [-0.15, -0.1) is 0 Å². The molecule has 3 rings (SSSR count). The number of hydrogen-bond acceptors (Lipinski definition) is 3. The Labute approximate surface area is 108 Å². The first-order chi connectivity index (χ1) is 8.42. The van der Waals surface area contributed by atoms with Crippen LogP contribution in [0.5, 0.6) is 0 Å². The number of allylic oxidation sites excluding steroid dienone is 2. The Morgan fingerprint density at radius 2 is 2.22 bits per heavy atom. The van der Waals surface area contributed by atoms with E-state index in [4.69, 9.17) is 4.74 Å². The van der Waals surface area contributed by atoms with Crippen molar-refractivity contribution in [3.05, 3.63) is 11.6 Å². The summed E-state index contributed by atoms with van der Waals surface area (Å²) in [6.45, 7) is 6.02. The van der Waals surface area contributed by atoms with E-state index in [0.717, 1.165) is 19.3 Å². The Kier molecular flexibility index (Phi) is 2.60. The second-order valence-corrected chi connectivity index (χ2v) is 6.57. The normalized spacial score (nSPS) is 51.2.